The second-order valence-corrected chi connectivity index (χ2v) is 7.88. The Bertz CT molecular complexity index is 844. The molecular weight excluding hydrogens is 316 g/mol. The van der Waals surface area contributed by atoms with Crippen LogP contribution in [0.1, 0.15) is 37.5 Å². The van der Waals surface area contributed by atoms with E-state index >= 15 is 0 Å². The van der Waals surface area contributed by atoms with Crippen molar-refractivity contribution in [1.29, 1.82) is 0 Å². The summed E-state index contributed by atoms with van der Waals surface area (Å²) in [6.07, 6.45) is 0. The van der Waals surface area contributed by atoms with Crippen molar-refractivity contribution in [2.24, 2.45) is 0 Å². The number of rotatable bonds is 5. The lowest BCUT2D eigenvalue weighted by Crippen LogP contribution is -2.12. The van der Waals surface area contributed by atoms with Gasteiger partial charge in [-0.15, -0.1) is 0 Å². The molecule has 0 spiro atoms. The van der Waals surface area contributed by atoms with Crippen LogP contribution in [-0.4, -0.2) is 0 Å². The van der Waals surface area contributed by atoms with Crippen LogP contribution < -0.4 is 10.6 Å². The molecule has 0 fully saturated rings. The molecule has 3 aromatic rings. The lowest BCUT2D eigenvalue weighted by molar-refractivity contribution is 0.589. The number of hydrogen-bond donors (Lipinski definition) is 2. The molecule has 134 valence electrons. The van der Waals surface area contributed by atoms with Crippen LogP contribution in [0.4, 0.5) is 17.1 Å². The van der Waals surface area contributed by atoms with E-state index in [-0.39, 0.29) is 5.41 Å². The van der Waals surface area contributed by atoms with Crippen molar-refractivity contribution in [1.82, 2.24) is 0 Å². The van der Waals surface area contributed by atoms with E-state index in [4.69, 9.17) is 0 Å². The minimum absolute atomic E-state index is 0.172. The molecular formula is C24H28N2. The maximum absolute atomic E-state index is 3.53. The van der Waals surface area contributed by atoms with E-state index in [1.165, 1.54) is 16.7 Å². The van der Waals surface area contributed by atoms with Crippen LogP contribution in [0.5, 0.6) is 0 Å². The molecule has 2 heteroatoms. The number of hydrogen-bond acceptors (Lipinski definition) is 2. The first-order chi connectivity index (χ1) is 12.4. The van der Waals surface area contributed by atoms with Crippen molar-refractivity contribution < 1.29 is 0 Å². The largest absolute Gasteiger partial charge is 0.381 e. The standard InChI is InChI=1S/C24H28N2/c1-18-14-19(16-20(15-18)24(2,3)4)17-25-21-10-12-23(13-11-21)26-22-8-6-5-7-9-22/h5-16,25-26H,17H2,1-4H3. The van der Waals surface area contributed by atoms with Crippen molar-refractivity contribution in [3.63, 3.8) is 0 Å². The normalized spacial score (nSPS) is 11.2. The van der Waals surface area contributed by atoms with E-state index < -0.39 is 0 Å². The van der Waals surface area contributed by atoms with Crippen molar-refractivity contribution in [2.45, 2.75) is 39.7 Å². The molecule has 2 nitrogen and oxygen atoms in total. The summed E-state index contributed by atoms with van der Waals surface area (Å²) in [5.41, 5.74) is 7.51. The van der Waals surface area contributed by atoms with Crippen molar-refractivity contribution in [3.05, 3.63) is 89.5 Å². The Kier molecular flexibility index (Phi) is 5.32. The Morgan fingerprint density at radius 3 is 2.00 bits per heavy atom. The number of para-hydroxylation sites is 1. The van der Waals surface area contributed by atoms with Gasteiger partial charge in [-0.3, -0.25) is 0 Å². The summed E-state index contributed by atoms with van der Waals surface area (Å²) in [4.78, 5) is 0. The molecule has 0 aromatic heterocycles. The van der Waals surface area contributed by atoms with Gasteiger partial charge in [-0.05, 0) is 59.9 Å². The summed E-state index contributed by atoms with van der Waals surface area (Å²) in [6, 6.07) is 25.5. The molecule has 3 aromatic carbocycles. The first-order valence-corrected chi connectivity index (χ1v) is 9.17. The number of aryl methyl sites for hydroxylation is 1. The quantitative estimate of drug-likeness (QED) is 0.541. The van der Waals surface area contributed by atoms with Crippen LogP contribution in [0.3, 0.4) is 0 Å². The van der Waals surface area contributed by atoms with Crippen LogP contribution in [0.15, 0.2) is 72.8 Å². The van der Waals surface area contributed by atoms with Crippen molar-refractivity contribution in [3.8, 4) is 0 Å². The van der Waals surface area contributed by atoms with Crippen LogP contribution in [0.25, 0.3) is 0 Å². The Labute approximate surface area is 157 Å². The zero-order valence-electron chi connectivity index (χ0n) is 16.1. The van der Waals surface area contributed by atoms with Gasteiger partial charge in [0.2, 0.25) is 0 Å². The minimum atomic E-state index is 0.172. The molecule has 3 rings (SSSR count). The lowest BCUT2D eigenvalue weighted by Gasteiger charge is -2.21. The third-order valence-corrected chi connectivity index (χ3v) is 4.45. The third-order valence-electron chi connectivity index (χ3n) is 4.45. The second-order valence-electron chi connectivity index (χ2n) is 7.88. The van der Waals surface area contributed by atoms with E-state index in [2.05, 4.69) is 92.9 Å². The van der Waals surface area contributed by atoms with Gasteiger partial charge in [-0.25, -0.2) is 0 Å². The van der Waals surface area contributed by atoms with Gasteiger partial charge in [0.25, 0.3) is 0 Å². The molecule has 0 radical (unpaired) electrons. The van der Waals surface area contributed by atoms with Gasteiger partial charge in [-0.1, -0.05) is 62.7 Å². The Hall–Kier alpha value is -2.74. The summed E-state index contributed by atoms with van der Waals surface area (Å²) in [5.74, 6) is 0. The van der Waals surface area contributed by atoms with Gasteiger partial charge in [0.1, 0.15) is 0 Å². The number of nitrogens with one attached hydrogen (secondary N) is 2. The Morgan fingerprint density at radius 1 is 0.731 bits per heavy atom. The lowest BCUT2D eigenvalue weighted by atomic mass is 9.85. The van der Waals surface area contributed by atoms with E-state index in [1.807, 2.05) is 18.2 Å². The number of benzene rings is 3. The monoisotopic (exact) mass is 344 g/mol. The fourth-order valence-corrected chi connectivity index (χ4v) is 2.96. The minimum Gasteiger partial charge on any atom is -0.381 e. The molecule has 0 aliphatic heterocycles. The predicted octanol–water partition coefficient (Wildman–Crippen LogP) is 6.65. The van der Waals surface area contributed by atoms with Crippen molar-refractivity contribution in [2.75, 3.05) is 10.6 Å². The Morgan fingerprint density at radius 2 is 1.35 bits per heavy atom. The number of anilines is 3. The second kappa shape index (κ2) is 7.65. The summed E-state index contributed by atoms with van der Waals surface area (Å²) in [7, 11) is 0. The Balaban J connectivity index is 1.64. The zero-order chi connectivity index (χ0) is 18.6. The van der Waals surface area contributed by atoms with Crippen LogP contribution in [0, 0.1) is 6.92 Å². The molecule has 0 bridgehead atoms. The highest BCUT2D eigenvalue weighted by Gasteiger charge is 2.14. The first kappa shape index (κ1) is 18.1. The highest BCUT2D eigenvalue weighted by molar-refractivity contribution is 5.62. The molecule has 2 N–H and O–H groups in total. The molecule has 0 unspecified atom stereocenters. The van der Waals surface area contributed by atoms with Gasteiger partial charge < -0.3 is 10.6 Å². The highest BCUT2D eigenvalue weighted by Crippen LogP contribution is 2.25. The molecule has 0 atom stereocenters. The van der Waals surface area contributed by atoms with Gasteiger partial charge in [-0.2, -0.15) is 0 Å². The van der Waals surface area contributed by atoms with E-state index in [1.54, 1.807) is 0 Å². The zero-order valence-corrected chi connectivity index (χ0v) is 16.1. The van der Waals surface area contributed by atoms with E-state index in [0.717, 1.165) is 23.6 Å². The molecule has 0 heterocycles. The smallest absolute Gasteiger partial charge is 0.0400 e. The first-order valence-electron chi connectivity index (χ1n) is 9.17. The van der Waals surface area contributed by atoms with Crippen LogP contribution >= 0.6 is 0 Å². The maximum atomic E-state index is 3.53. The van der Waals surface area contributed by atoms with E-state index in [0.29, 0.717) is 0 Å². The molecule has 0 amide bonds. The fraction of sp³-hybridized carbons (Fsp3) is 0.250. The molecule has 0 saturated carbocycles. The van der Waals surface area contributed by atoms with Gasteiger partial charge >= 0.3 is 0 Å². The van der Waals surface area contributed by atoms with Crippen LogP contribution in [0.2, 0.25) is 0 Å². The van der Waals surface area contributed by atoms with Gasteiger partial charge in [0, 0.05) is 23.6 Å². The molecule has 26 heavy (non-hydrogen) atoms. The maximum Gasteiger partial charge on any atom is 0.0400 e. The summed E-state index contributed by atoms with van der Waals surface area (Å²) >= 11 is 0. The van der Waals surface area contributed by atoms with Crippen molar-refractivity contribution >= 4 is 17.1 Å². The topological polar surface area (TPSA) is 24.1 Å². The predicted molar refractivity (Wildman–Crippen MR) is 113 cm³/mol. The summed E-state index contributed by atoms with van der Waals surface area (Å²) < 4.78 is 0. The molecule has 0 saturated heterocycles. The summed E-state index contributed by atoms with van der Waals surface area (Å²) in [6.45, 7) is 9.78. The molecule has 0 aliphatic carbocycles. The average molecular weight is 345 g/mol. The average Bonchev–Trinajstić information content (AvgIpc) is 2.61. The van der Waals surface area contributed by atoms with E-state index in [9.17, 15) is 0 Å². The molecule has 0 aliphatic rings. The fourth-order valence-electron chi connectivity index (χ4n) is 2.96. The highest BCUT2D eigenvalue weighted by atomic mass is 14.9. The SMILES string of the molecule is Cc1cc(CNc2ccc(Nc3ccccc3)cc2)cc(C(C)(C)C)c1. The summed E-state index contributed by atoms with van der Waals surface area (Å²) in [5, 5.41) is 6.94. The van der Waals surface area contributed by atoms with Gasteiger partial charge in [0.05, 0.1) is 0 Å². The van der Waals surface area contributed by atoms with Gasteiger partial charge in [0.15, 0.2) is 0 Å². The van der Waals surface area contributed by atoms with Crippen LogP contribution in [-0.2, 0) is 12.0 Å². The third kappa shape index (κ3) is 4.89.